The molecule has 5 aromatic rings. The molecule has 1 amide bonds. The third-order valence-electron chi connectivity index (χ3n) is 5.23. The predicted molar refractivity (Wildman–Crippen MR) is 123 cm³/mol. The molecular weight excluding hydrogens is 384 g/mol. The van der Waals surface area contributed by atoms with Gasteiger partial charge in [-0.15, -0.1) is 0 Å². The summed E-state index contributed by atoms with van der Waals surface area (Å²) in [6.45, 7) is 0.713. The fourth-order valence-electron chi connectivity index (χ4n) is 3.71. The van der Waals surface area contributed by atoms with Crippen molar-refractivity contribution in [3.63, 3.8) is 0 Å². The van der Waals surface area contributed by atoms with Crippen molar-refractivity contribution in [1.82, 2.24) is 14.8 Å². The van der Waals surface area contributed by atoms with Crippen LogP contribution in [0.3, 0.4) is 0 Å². The van der Waals surface area contributed by atoms with Crippen molar-refractivity contribution in [1.29, 1.82) is 0 Å². The minimum absolute atomic E-state index is 0.146. The Morgan fingerprint density at radius 3 is 2.55 bits per heavy atom. The van der Waals surface area contributed by atoms with E-state index in [1.54, 1.807) is 12.4 Å². The van der Waals surface area contributed by atoms with E-state index >= 15 is 0 Å². The van der Waals surface area contributed by atoms with E-state index in [0.29, 0.717) is 12.1 Å². The summed E-state index contributed by atoms with van der Waals surface area (Å²) in [5.74, 6) is -0.146. The second kappa shape index (κ2) is 8.24. The number of hydrogen-bond acceptors (Lipinski definition) is 3. The van der Waals surface area contributed by atoms with Crippen molar-refractivity contribution >= 4 is 22.5 Å². The van der Waals surface area contributed by atoms with Crippen LogP contribution in [-0.4, -0.2) is 20.7 Å². The van der Waals surface area contributed by atoms with Crippen LogP contribution in [-0.2, 0) is 6.54 Å². The molecule has 0 aliphatic rings. The normalized spacial score (nSPS) is 10.8. The Kier molecular flexibility index (Phi) is 4.99. The van der Waals surface area contributed by atoms with E-state index in [1.165, 1.54) is 0 Å². The van der Waals surface area contributed by atoms with E-state index in [4.69, 9.17) is 0 Å². The number of anilines is 1. The van der Waals surface area contributed by atoms with Crippen molar-refractivity contribution in [2.24, 2.45) is 0 Å². The fraction of sp³-hybridized carbons (Fsp3) is 0.0385. The van der Waals surface area contributed by atoms with Gasteiger partial charge in [0.15, 0.2) is 0 Å². The monoisotopic (exact) mass is 404 g/mol. The van der Waals surface area contributed by atoms with Gasteiger partial charge in [-0.05, 0) is 53.1 Å². The van der Waals surface area contributed by atoms with Gasteiger partial charge in [-0.3, -0.25) is 14.5 Å². The zero-order chi connectivity index (χ0) is 21.0. The van der Waals surface area contributed by atoms with Crippen LogP contribution in [0.5, 0.6) is 0 Å². The number of fused-ring (bicyclic) bond motifs is 1. The maximum absolute atomic E-state index is 13.2. The summed E-state index contributed by atoms with van der Waals surface area (Å²) >= 11 is 0. The Balaban J connectivity index is 1.43. The third-order valence-corrected chi connectivity index (χ3v) is 5.23. The van der Waals surface area contributed by atoms with Crippen LogP contribution in [0, 0.1) is 0 Å². The van der Waals surface area contributed by atoms with E-state index < -0.39 is 0 Å². The van der Waals surface area contributed by atoms with Crippen LogP contribution < -0.4 is 5.32 Å². The molecule has 5 heteroatoms. The molecule has 0 aliphatic heterocycles. The third kappa shape index (κ3) is 3.94. The van der Waals surface area contributed by atoms with Gasteiger partial charge in [0.05, 0.1) is 17.7 Å². The Labute approximate surface area is 180 Å². The molecule has 1 N–H and O–H groups in total. The lowest BCUT2D eigenvalue weighted by Crippen LogP contribution is -2.13. The number of nitrogens with zero attached hydrogens (tertiary/aromatic N) is 3. The smallest absolute Gasteiger partial charge is 0.256 e. The molecule has 2 heterocycles. The molecule has 0 fully saturated rings. The minimum Gasteiger partial charge on any atom is -0.321 e. The number of nitrogens with one attached hydrogen (secondary N) is 1. The zero-order valence-corrected chi connectivity index (χ0v) is 16.8. The van der Waals surface area contributed by atoms with E-state index in [1.807, 2.05) is 83.7 Å². The molecule has 0 radical (unpaired) electrons. The molecular formula is C26H20N4O. The number of amides is 1. The highest BCUT2D eigenvalue weighted by molar-refractivity contribution is 6.11. The fourth-order valence-corrected chi connectivity index (χ4v) is 3.71. The summed E-state index contributed by atoms with van der Waals surface area (Å²) in [6.07, 6.45) is 5.46. The van der Waals surface area contributed by atoms with Gasteiger partial charge >= 0.3 is 0 Å². The first kappa shape index (κ1) is 18.8. The molecule has 0 bridgehead atoms. The van der Waals surface area contributed by atoms with Crippen molar-refractivity contribution in [3.8, 4) is 11.1 Å². The topological polar surface area (TPSA) is 59.8 Å². The number of benzene rings is 3. The van der Waals surface area contributed by atoms with Crippen LogP contribution in [0.4, 0.5) is 5.69 Å². The van der Waals surface area contributed by atoms with Crippen molar-refractivity contribution in [2.75, 3.05) is 5.32 Å². The maximum Gasteiger partial charge on any atom is 0.256 e. The lowest BCUT2D eigenvalue weighted by molar-refractivity contribution is 0.102. The summed E-state index contributed by atoms with van der Waals surface area (Å²) < 4.78 is 1.88. The largest absolute Gasteiger partial charge is 0.321 e. The number of carbonyl (C=O) groups excluding carboxylic acids is 1. The predicted octanol–water partition coefficient (Wildman–Crippen LogP) is 5.40. The number of aromatic nitrogens is 3. The van der Waals surface area contributed by atoms with E-state index in [2.05, 4.69) is 27.5 Å². The first-order valence-corrected chi connectivity index (χ1v) is 10.1. The highest BCUT2D eigenvalue weighted by Gasteiger charge is 2.14. The van der Waals surface area contributed by atoms with Crippen LogP contribution in [0.15, 0.2) is 104 Å². The van der Waals surface area contributed by atoms with Gasteiger partial charge < -0.3 is 5.32 Å². The quantitative estimate of drug-likeness (QED) is 0.427. The van der Waals surface area contributed by atoms with Gasteiger partial charge in [-0.1, -0.05) is 48.5 Å². The Bertz CT molecular complexity index is 1340. The van der Waals surface area contributed by atoms with Crippen LogP contribution in [0.1, 0.15) is 15.9 Å². The molecule has 0 aliphatic carbocycles. The summed E-state index contributed by atoms with van der Waals surface area (Å²) in [6, 6.07) is 27.4. The van der Waals surface area contributed by atoms with Gasteiger partial charge in [0, 0.05) is 29.5 Å². The Morgan fingerprint density at radius 2 is 1.71 bits per heavy atom. The average molecular weight is 404 g/mol. The summed E-state index contributed by atoms with van der Waals surface area (Å²) in [4.78, 5) is 17.6. The lowest BCUT2D eigenvalue weighted by Gasteiger charge is -2.12. The molecule has 5 nitrogen and oxygen atoms in total. The number of pyridine rings is 1. The number of hydrogen-bond donors (Lipinski definition) is 1. The minimum atomic E-state index is -0.146. The SMILES string of the molecule is O=C(Nc1cccc2ncccc12)c1ccccc1-c1ccc(Cn2cccn2)cc1. The van der Waals surface area contributed by atoms with Gasteiger partial charge in [0.25, 0.3) is 5.91 Å². The highest BCUT2D eigenvalue weighted by atomic mass is 16.1. The van der Waals surface area contributed by atoms with E-state index in [0.717, 1.165) is 33.3 Å². The maximum atomic E-state index is 13.2. The van der Waals surface area contributed by atoms with Gasteiger partial charge in [-0.2, -0.15) is 5.10 Å². The van der Waals surface area contributed by atoms with Crippen molar-refractivity contribution in [3.05, 3.63) is 115 Å². The first-order chi connectivity index (χ1) is 15.3. The second-order valence-electron chi connectivity index (χ2n) is 7.28. The molecule has 5 rings (SSSR count). The first-order valence-electron chi connectivity index (χ1n) is 10.1. The molecule has 0 saturated carbocycles. The molecule has 0 atom stereocenters. The van der Waals surface area contributed by atoms with Crippen molar-refractivity contribution in [2.45, 2.75) is 6.54 Å². The summed E-state index contributed by atoms with van der Waals surface area (Å²) in [7, 11) is 0. The Hall–Kier alpha value is -4.25. The highest BCUT2D eigenvalue weighted by Crippen LogP contribution is 2.27. The molecule has 0 saturated heterocycles. The molecule has 2 aromatic heterocycles. The van der Waals surface area contributed by atoms with Crippen molar-refractivity contribution < 1.29 is 4.79 Å². The molecule has 0 unspecified atom stereocenters. The second-order valence-corrected chi connectivity index (χ2v) is 7.28. The lowest BCUT2D eigenvalue weighted by atomic mass is 9.98. The van der Waals surface area contributed by atoms with Gasteiger partial charge in [0.2, 0.25) is 0 Å². The molecule has 31 heavy (non-hydrogen) atoms. The standard InChI is InChI=1S/C26H20N4O/c31-26(29-25-10-3-9-24-23(25)8-4-15-27-24)22-7-2-1-6-21(22)20-13-11-19(12-14-20)18-30-17-5-16-28-30/h1-17H,18H2,(H,29,31). The van der Waals surface area contributed by atoms with E-state index in [9.17, 15) is 4.79 Å². The van der Waals surface area contributed by atoms with Crippen LogP contribution >= 0.6 is 0 Å². The Morgan fingerprint density at radius 1 is 0.839 bits per heavy atom. The van der Waals surface area contributed by atoms with Gasteiger partial charge in [-0.25, -0.2) is 0 Å². The summed E-state index contributed by atoms with van der Waals surface area (Å²) in [5.41, 5.74) is 5.26. The summed E-state index contributed by atoms with van der Waals surface area (Å²) in [5, 5.41) is 8.23. The van der Waals surface area contributed by atoms with Crippen LogP contribution in [0.2, 0.25) is 0 Å². The average Bonchev–Trinajstić information content (AvgIpc) is 3.33. The number of carbonyl (C=O) groups is 1. The molecule has 0 spiro atoms. The number of rotatable bonds is 5. The van der Waals surface area contributed by atoms with Gasteiger partial charge in [0.1, 0.15) is 0 Å². The zero-order valence-electron chi connectivity index (χ0n) is 16.8. The molecule has 150 valence electrons. The van der Waals surface area contributed by atoms with E-state index in [-0.39, 0.29) is 5.91 Å². The molecule has 3 aromatic carbocycles. The van der Waals surface area contributed by atoms with Crippen LogP contribution in [0.25, 0.3) is 22.0 Å².